The molecule has 0 bridgehead atoms. The molecule has 1 amide bonds. The van der Waals surface area contributed by atoms with Crippen molar-refractivity contribution in [3.05, 3.63) is 54.3 Å². The number of para-hydroxylation sites is 2. The Balaban J connectivity index is 1.49. The predicted octanol–water partition coefficient (Wildman–Crippen LogP) is 2.54. The van der Waals surface area contributed by atoms with Gasteiger partial charge in [0, 0.05) is 12.2 Å². The minimum Gasteiger partial charge on any atom is -0.486 e. The number of likely N-dealkylation sites (N-methyl/N-ethyl adjacent to an activating group) is 1. The number of rotatable bonds is 5. The number of benzene rings is 2. The zero-order valence-electron chi connectivity index (χ0n) is 13.4. The molecule has 0 saturated carbocycles. The molecule has 1 atom stereocenters. The number of nitrogens with one attached hydrogen (secondary N) is 1. The first kappa shape index (κ1) is 16.3. The second kappa shape index (κ2) is 7.31. The second-order valence-electron chi connectivity index (χ2n) is 5.75. The average molecular weight is 330 g/mol. The van der Waals surface area contributed by atoms with Crippen LogP contribution >= 0.6 is 0 Å². The van der Waals surface area contributed by atoms with Crippen LogP contribution in [0.25, 0.3) is 0 Å². The Morgan fingerprint density at radius 2 is 2.04 bits per heavy atom. The third kappa shape index (κ3) is 4.23. The SMILES string of the molecule is CN(CC(=O)Nc1cccc(F)c1)CC1COc2ccccc2O1. The summed E-state index contributed by atoms with van der Waals surface area (Å²) in [5.74, 6) is 0.861. The average Bonchev–Trinajstić information content (AvgIpc) is 2.54. The maximum Gasteiger partial charge on any atom is 0.238 e. The number of fused-ring (bicyclic) bond motifs is 1. The molecule has 1 aliphatic heterocycles. The number of carbonyl (C=O) groups excluding carboxylic acids is 1. The fourth-order valence-electron chi connectivity index (χ4n) is 2.58. The number of halogens is 1. The third-order valence-electron chi connectivity index (χ3n) is 3.60. The highest BCUT2D eigenvalue weighted by molar-refractivity contribution is 5.92. The lowest BCUT2D eigenvalue weighted by atomic mass is 10.2. The van der Waals surface area contributed by atoms with Crippen molar-refractivity contribution in [2.75, 3.05) is 32.1 Å². The van der Waals surface area contributed by atoms with Crippen LogP contribution in [0, 0.1) is 5.82 Å². The largest absolute Gasteiger partial charge is 0.486 e. The normalized spacial score (nSPS) is 16.0. The quantitative estimate of drug-likeness (QED) is 0.915. The summed E-state index contributed by atoms with van der Waals surface area (Å²) < 4.78 is 24.6. The monoisotopic (exact) mass is 330 g/mol. The Hall–Kier alpha value is -2.60. The minimum atomic E-state index is -0.382. The fourth-order valence-corrected chi connectivity index (χ4v) is 2.58. The summed E-state index contributed by atoms with van der Waals surface area (Å²) in [5, 5.41) is 2.67. The van der Waals surface area contributed by atoms with E-state index in [0.29, 0.717) is 24.6 Å². The smallest absolute Gasteiger partial charge is 0.238 e. The van der Waals surface area contributed by atoms with Crippen molar-refractivity contribution in [3.63, 3.8) is 0 Å². The highest BCUT2D eigenvalue weighted by atomic mass is 19.1. The van der Waals surface area contributed by atoms with Gasteiger partial charge in [-0.1, -0.05) is 18.2 Å². The van der Waals surface area contributed by atoms with Crippen LogP contribution in [0.3, 0.4) is 0 Å². The molecule has 1 N–H and O–H groups in total. The molecule has 5 nitrogen and oxygen atoms in total. The highest BCUT2D eigenvalue weighted by Gasteiger charge is 2.22. The van der Waals surface area contributed by atoms with E-state index < -0.39 is 0 Å². The van der Waals surface area contributed by atoms with Gasteiger partial charge in [0.25, 0.3) is 0 Å². The molecule has 0 aliphatic carbocycles. The first-order valence-corrected chi connectivity index (χ1v) is 7.72. The minimum absolute atomic E-state index is 0.146. The molecule has 1 heterocycles. The molecule has 3 rings (SSSR count). The lowest BCUT2D eigenvalue weighted by Gasteiger charge is -2.29. The van der Waals surface area contributed by atoms with Crippen LogP contribution in [0.5, 0.6) is 11.5 Å². The van der Waals surface area contributed by atoms with Crippen molar-refractivity contribution in [1.29, 1.82) is 0 Å². The van der Waals surface area contributed by atoms with E-state index in [1.165, 1.54) is 12.1 Å². The predicted molar refractivity (Wildman–Crippen MR) is 88.9 cm³/mol. The summed E-state index contributed by atoms with van der Waals surface area (Å²) >= 11 is 0. The van der Waals surface area contributed by atoms with Gasteiger partial charge >= 0.3 is 0 Å². The van der Waals surface area contributed by atoms with Crippen LogP contribution < -0.4 is 14.8 Å². The molecular weight excluding hydrogens is 311 g/mol. The molecule has 0 saturated heterocycles. The van der Waals surface area contributed by atoms with E-state index in [4.69, 9.17) is 9.47 Å². The van der Waals surface area contributed by atoms with Gasteiger partial charge in [-0.05, 0) is 37.4 Å². The lowest BCUT2D eigenvalue weighted by molar-refractivity contribution is -0.117. The second-order valence-corrected chi connectivity index (χ2v) is 5.75. The van der Waals surface area contributed by atoms with Gasteiger partial charge in [-0.3, -0.25) is 9.69 Å². The van der Waals surface area contributed by atoms with Crippen molar-refractivity contribution in [2.24, 2.45) is 0 Å². The molecule has 0 spiro atoms. The van der Waals surface area contributed by atoms with Crippen molar-refractivity contribution >= 4 is 11.6 Å². The molecule has 2 aromatic rings. The number of ether oxygens (including phenoxy) is 2. The summed E-state index contributed by atoms with van der Waals surface area (Å²) in [6.45, 7) is 1.16. The molecule has 0 fully saturated rings. The van der Waals surface area contributed by atoms with Crippen LogP contribution in [0.2, 0.25) is 0 Å². The zero-order valence-corrected chi connectivity index (χ0v) is 13.4. The molecule has 126 valence electrons. The van der Waals surface area contributed by atoms with E-state index in [2.05, 4.69) is 5.32 Å². The van der Waals surface area contributed by atoms with E-state index in [0.717, 1.165) is 5.75 Å². The molecule has 6 heteroatoms. The Bertz CT molecular complexity index is 723. The van der Waals surface area contributed by atoms with Crippen molar-refractivity contribution in [2.45, 2.75) is 6.10 Å². The molecular formula is C18H19FN2O3. The summed E-state index contributed by atoms with van der Waals surface area (Å²) in [6, 6.07) is 13.3. The highest BCUT2D eigenvalue weighted by Crippen LogP contribution is 2.30. The number of anilines is 1. The molecule has 0 radical (unpaired) electrons. The summed E-state index contributed by atoms with van der Waals surface area (Å²) in [6.07, 6.45) is -0.146. The van der Waals surface area contributed by atoms with E-state index >= 15 is 0 Å². The van der Waals surface area contributed by atoms with E-state index in [9.17, 15) is 9.18 Å². The van der Waals surface area contributed by atoms with Gasteiger partial charge in [0.1, 0.15) is 18.5 Å². The van der Waals surface area contributed by atoms with Gasteiger partial charge in [0.15, 0.2) is 11.5 Å². The first-order chi connectivity index (χ1) is 11.6. The Morgan fingerprint density at radius 1 is 1.25 bits per heavy atom. The lowest BCUT2D eigenvalue weighted by Crippen LogP contribution is -2.42. The molecule has 2 aromatic carbocycles. The van der Waals surface area contributed by atoms with Gasteiger partial charge in [-0.15, -0.1) is 0 Å². The van der Waals surface area contributed by atoms with Gasteiger partial charge < -0.3 is 14.8 Å². The standard InChI is InChI=1S/C18H19FN2O3/c1-21(11-18(22)20-14-6-4-5-13(19)9-14)10-15-12-23-16-7-2-3-8-17(16)24-15/h2-9,15H,10-12H2,1H3,(H,20,22). The van der Waals surface area contributed by atoms with Crippen LogP contribution in [0.4, 0.5) is 10.1 Å². The molecule has 1 unspecified atom stereocenters. The number of hydrogen-bond acceptors (Lipinski definition) is 4. The molecule has 0 aromatic heterocycles. The number of carbonyl (C=O) groups is 1. The maximum atomic E-state index is 13.1. The number of amides is 1. The van der Waals surface area contributed by atoms with Crippen LogP contribution in [-0.4, -0.2) is 43.7 Å². The van der Waals surface area contributed by atoms with Crippen LogP contribution in [0.15, 0.2) is 48.5 Å². The topological polar surface area (TPSA) is 50.8 Å². The van der Waals surface area contributed by atoms with E-state index in [1.54, 1.807) is 12.1 Å². The maximum absolute atomic E-state index is 13.1. The van der Waals surface area contributed by atoms with Gasteiger partial charge in [0.05, 0.1) is 6.54 Å². The van der Waals surface area contributed by atoms with Crippen molar-refractivity contribution < 1.29 is 18.7 Å². The number of nitrogens with zero attached hydrogens (tertiary/aromatic N) is 1. The van der Waals surface area contributed by atoms with Crippen molar-refractivity contribution in [1.82, 2.24) is 4.90 Å². The zero-order chi connectivity index (χ0) is 16.9. The molecule has 1 aliphatic rings. The first-order valence-electron chi connectivity index (χ1n) is 7.72. The fraction of sp³-hybridized carbons (Fsp3) is 0.278. The van der Waals surface area contributed by atoms with E-state index in [-0.39, 0.29) is 24.4 Å². The molecule has 24 heavy (non-hydrogen) atoms. The third-order valence-corrected chi connectivity index (χ3v) is 3.60. The van der Waals surface area contributed by atoms with Crippen LogP contribution in [-0.2, 0) is 4.79 Å². The van der Waals surface area contributed by atoms with Gasteiger partial charge in [0.2, 0.25) is 5.91 Å². The summed E-state index contributed by atoms with van der Waals surface area (Å²) in [7, 11) is 1.83. The van der Waals surface area contributed by atoms with Gasteiger partial charge in [-0.2, -0.15) is 0 Å². The Labute approximate surface area is 140 Å². The number of hydrogen-bond donors (Lipinski definition) is 1. The van der Waals surface area contributed by atoms with Crippen molar-refractivity contribution in [3.8, 4) is 11.5 Å². The summed E-state index contributed by atoms with van der Waals surface area (Å²) in [4.78, 5) is 13.9. The summed E-state index contributed by atoms with van der Waals surface area (Å²) in [5.41, 5.74) is 0.444. The van der Waals surface area contributed by atoms with E-state index in [1.807, 2.05) is 36.2 Å². The Kier molecular flexibility index (Phi) is 4.96. The van der Waals surface area contributed by atoms with Crippen LogP contribution in [0.1, 0.15) is 0 Å². The van der Waals surface area contributed by atoms with Gasteiger partial charge in [-0.25, -0.2) is 4.39 Å². The Morgan fingerprint density at radius 3 is 2.83 bits per heavy atom.